The molecule has 0 fully saturated rings. The van der Waals surface area contributed by atoms with E-state index in [1.54, 1.807) is 0 Å². The maximum Gasteiger partial charge on any atom is 0.180 e. The molecule has 0 spiro atoms. The number of rotatable bonds is 4. The van der Waals surface area contributed by atoms with Crippen LogP contribution in [0.15, 0.2) is 24.3 Å². The summed E-state index contributed by atoms with van der Waals surface area (Å²) in [6, 6.07) is 7.88. The van der Waals surface area contributed by atoms with Gasteiger partial charge in [0.15, 0.2) is 5.82 Å². The van der Waals surface area contributed by atoms with E-state index in [1.807, 2.05) is 31.2 Å². The Morgan fingerprint density at radius 1 is 1.11 bits per heavy atom. The molecule has 0 aliphatic rings. The summed E-state index contributed by atoms with van der Waals surface area (Å²) < 4.78 is 0. The first-order chi connectivity index (χ1) is 8.72. The van der Waals surface area contributed by atoms with Crippen molar-refractivity contribution in [2.45, 2.75) is 27.2 Å². The smallest absolute Gasteiger partial charge is 0.180 e. The third-order valence-corrected chi connectivity index (χ3v) is 2.62. The van der Waals surface area contributed by atoms with Gasteiger partial charge in [-0.05, 0) is 32.4 Å². The number of anilines is 1. The fourth-order valence-corrected chi connectivity index (χ4v) is 1.73. The third-order valence-electron chi connectivity index (χ3n) is 2.62. The highest BCUT2D eigenvalue weighted by Gasteiger charge is 2.07. The standard InChI is InChI=1S/C14H18N4/c1-4-11-9-13(15-5-2)18-14(17-11)12-8-6-7-10(3)16-12/h6-9H,4-5H2,1-3H3,(H,15,17,18). The molecular formula is C14H18N4. The summed E-state index contributed by atoms with van der Waals surface area (Å²) in [5, 5.41) is 3.23. The molecule has 94 valence electrons. The maximum absolute atomic E-state index is 4.53. The van der Waals surface area contributed by atoms with E-state index in [4.69, 9.17) is 0 Å². The van der Waals surface area contributed by atoms with Gasteiger partial charge < -0.3 is 5.32 Å². The Morgan fingerprint density at radius 3 is 2.61 bits per heavy atom. The number of nitrogens with one attached hydrogen (secondary N) is 1. The van der Waals surface area contributed by atoms with Crippen molar-refractivity contribution < 1.29 is 0 Å². The Balaban J connectivity index is 2.46. The van der Waals surface area contributed by atoms with Crippen LogP contribution in [0.2, 0.25) is 0 Å². The highest BCUT2D eigenvalue weighted by atomic mass is 15.0. The van der Waals surface area contributed by atoms with Crippen LogP contribution in [-0.2, 0) is 6.42 Å². The number of pyridine rings is 1. The van der Waals surface area contributed by atoms with Crippen molar-refractivity contribution in [1.82, 2.24) is 15.0 Å². The van der Waals surface area contributed by atoms with Crippen LogP contribution in [0.5, 0.6) is 0 Å². The van der Waals surface area contributed by atoms with E-state index in [1.165, 1.54) is 0 Å². The van der Waals surface area contributed by atoms with Gasteiger partial charge in [0.25, 0.3) is 0 Å². The predicted octanol–water partition coefficient (Wildman–Crippen LogP) is 2.84. The average Bonchev–Trinajstić information content (AvgIpc) is 2.39. The van der Waals surface area contributed by atoms with Gasteiger partial charge in [0.05, 0.1) is 0 Å². The van der Waals surface area contributed by atoms with Gasteiger partial charge in [-0.15, -0.1) is 0 Å². The Morgan fingerprint density at radius 2 is 1.94 bits per heavy atom. The van der Waals surface area contributed by atoms with Crippen molar-refractivity contribution >= 4 is 5.82 Å². The first-order valence-electron chi connectivity index (χ1n) is 6.28. The number of aryl methyl sites for hydroxylation is 2. The summed E-state index contributed by atoms with van der Waals surface area (Å²) in [5.41, 5.74) is 2.83. The van der Waals surface area contributed by atoms with E-state index in [-0.39, 0.29) is 0 Å². The highest BCUT2D eigenvalue weighted by molar-refractivity contribution is 5.53. The zero-order valence-electron chi connectivity index (χ0n) is 11.1. The lowest BCUT2D eigenvalue weighted by molar-refractivity contribution is 0.989. The van der Waals surface area contributed by atoms with Crippen molar-refractivity contribution in [3.8, 4) is 11.5 Å². The molecule has 0 bridgehead atoms. The summed E-state index contributed by atoms with van der Waals surface area (Å²) in [4.78, 5) is 13.5. The maximum atomic E-state index is 4.53. The second kappa shape index (κ2) is 5.58. The van der Waals surface area contributed by atoms with E-state index in [2.05, 4.69) is 34.1 Å². The zero-order valence-corrected chi connectivity index (χ0v) is 11.1. The molecule has 2 rings (SSSR count). The molecule has 0 unspecified atom stereocenters. The van der Waals surface area contributed by atoms with Gasteiger partial charge in [-0.2, -0.15) is 0 Å². The highest BCUT2D eigenvalue weighted by Crippen LogP contribution is 2.16. The fourth-order valence-electron chi connectivity index (χ4n) is 1.73. The third kappa shape index (κ3) is 2.83. The minimum Gasteiger partial charge on any atom is -0.370 e. The van der Waals surface area contributed by atoms with E-state index in [0.29, 0.717) is 5.82 Å². The zero-order chi connectivity index (χ0) is 13.0. The molecule has 0 aliphatic carbocycles. The molecule has 0 amide bonds. The minimum atomic E-state index is 0.689. The van der Waals surface area contributed by atoms with Crippen LogP contribution in [0.3, 0.4) is 0 Å². The van der Waals surface area contributed by atoms with Crippen molar-refractivity contribution in [3.05, 3.63) is 35.7 Å². The van der Waals surface area contributed by atoms with Gasteiger partial charge in [-0.3, -0.25) is 0 Å². The van der Waals surface area contributed by atoms with Crippen LogP contribution in [0.25, 0.3) is 11.5 Å². The Hall–Kier alpha value is -1.97. The summed E-state index contributed by atoms with van der Waals surface area (Å²) in [7, 11) is 0. The van der Waals surface area contributed by atoms with Crippen LogP contribution in [0.1, 0.15) is 25.2 Å². The molecule has 4 nitrogen and oxygen atoms in total. The summed E-state index contributed by atoms with van der Waals surface area (Å²) >= 11 is 0. The van der Waals surface area contributed by atoms with Gasteiger partial charge in [0.2, 0.25) is 0 Å². The van der Waals surface area contributed by atoms with Crippen molar-refractivity contribution in [3.63, 3.8) is 0 Å². The van der Waals surface area contributed by atoms with Crippen LogP contribution in [-0.4, -0.2) is 21.5 Å². The predicted molar refractivity (Wildman–Crippen MR) is 73.5 cm³/mol. The molecule has 1 N–H and O–H groups in total. The van der Waals surface area contributed by atoms with Gasteiger partial charge in [0.1, 0.15) is 11.5 Å². The van der Waals surface area contributed by atoms with Crippen molar-refractivity contribution in [2.75, 3.05) is 11.9 Å². The molecular weight excluding hydrogens is 224 g/mol. The lowest BCUT2D eigenvalue weighted by Crippen LogP contribution is -2.04. The molecule has 0 atom stereocenters. The van der Waals surface area contributed by atoms with Gasteiger partial charge in [-0.1, -0.05) is 13.0 Å². The Labute approximate surface area is 108 Å². The molecule has 4 heteroatoms. The second-order valence-electron chi connectivity index (χ2n) is 4.12. The Kier molecular flexibility index (Phi) is 3.87. The van der Waals surface area contributed by atoms with Gasteiger partial charge in [-0.25, -0.2) is 15.0 Å². The lowest BCUT2D eigenvalue weighted by Gasteiger charge is -2.07. The second-order valence-corrected chi connectivity index (χ2v) is 4.12. The molecule has 0 saturated carbocycles. The molecule has 2 heterocycles. The molecule has 0 saturated heterocycles. The van der Waals surface area contributed by atoms with E-state index >= 15 is 0 Å². The van der Waals surface area contributed by atoms with Crippen LogP contribution in [0.4, 0.5) is 5.82 Å². The van der Waals surface area contributed by atoms with E-state index in [9.17, 15) is 0 Å². The number of hydrogen-bond acceptors (Lipinski definition) is 4. The fraction of sp³-hybridized carbons (Fsp3) is 0.357. The number of aromatic nitrogens is 3. The quantitative estimate of drug-likeness (QED) is 0.895. The average molecular weight is 242 g/mol. The monoisotopic (exact) mass is 242 g/mol. The summed E-state index contributed by atoms with van der Waals surface area (Å²) in [6.07, 6.45) is 0.889. The van der Waals surface area contributed by atoms with Crippen molar-refractivity contribution in [2.24, 2.45) is 0 Å². The molecule has 0 radical (unpaired) electrons. The number of nitrogens with zero attached hydrogens (tertiary/aromatic N) is 3. The van der Waals surface area contributed by atoms with Gasteiger partial charge in [0, 0.05) is 24.0 Å². The SMILES string of the molecule is CCNc1cc(CC)nc(-c2cccc(C)n2)n1. The van der Waals surface area contributed by atoms with E-state index in [0.717, 1.165) is 35.9 Å². The molecule has 0 aliphatic heterocycles. The van der Waals surface area contributed by atoms with E-state index < -0.39 is 0 Å². The van der Waals surface area contributed by atoms with Crippen LogP contribution in [0, 0.1) is 6.92 Å². The van der Waals surface area contributed by atoms with Gasteiger partial charge >= 0.3 is 0 Å². The molecule has 2 aromatic rings. The minimum absolute atomic E-state index is 0.689. The molecule has 2 aromatic heterocycles. The topological polar surface area (TPSA) is 50.7 Å². The van der Waals surface area contributed by atoms with Crippen LogP contribution >= 0.6 is 0 Å². The normalized spacial score (nSPS) is 10.4. The summed E-state index contributed by atoms with van der Waals surface area (Å²) in [5.74, 6) is 1.55. The summed E-state index contributed by atoms with van der Waals surface area (Å²) in [6.45, 7) is 6.96. The molecule has 0 aromatic carbocycles. The lowest BCUT2D eigenvalue weighted by atomic mass is 10.2. The molecule has 18 heavy (non-hydrogen) atoms. The Bertz CT molecular complexity index is 537. The number of hydrogen-bond donors (Lipinski definition) is 1. The first-order valence-corrected chi connectivity index (χ1v) is 6.28. The largest absolute Gasteiger partial charge is 0.370 e. The van der Waals surface area contributed by atoms with Crippen LogP contribution < -0.4 is 5.32 Å². The first kappa shape index (κ1) is 12.5. The van der Waals surface area contributed by atoms with Crippen molar-refractivity contribution in [1.29, 1.82) is 0 Å².